The van der Waals surface area contributed by atoms with Crippen LogP contribution in [0.5, 0.6) is 0 Å². The van der Waals surface area contributed by atoms with Crippen molar-refractivity contribution in [2.24, 2.45) is 0 Å². The Hall–Kier alpha value is -1.97. The van der Waals surface area contributed by atoms with E-state index in [1.807, 2.05) is 0 Å². The summed E-state index contributed by atoms with van der Waals surface area (Å²) in [5, 5.41) is 0. The Morgan fingerprint density at radius 3 is 1.33 bits per heavy atom. The first kappa shape index (κ1) is 30.1. The van der Waals surface area contributed by atoms with E-state index in [1.54, 1.807) is 0 Å². The van der Waals surface area contributed by atoms with Gasteiger partial charge in [0.25, 0.3) is 0 Å². The van der Waals surface area contributed by atoms with Gasteiger partial charge in [0.05, 0.1) is 0 Å². The zero-order valence-electron chi connectivity index (χ0n) is 25.2. The fourth-order valence-electron chi connectivity index (χ4n) is 7.81. The van der Waals surface area contributed by atoms with Crippen LogP contribution in [0, 0.1) is 0 Å². The third kappa shape index (κ3) is 4.82. The van der Waals surface area contributed by atoms with Crippen LogP contribution in [-0.2, 0) is 15.3 Å². The van der Waals surface area contributed by atoms with E-state index < -0.39 is 21.3 Å². The number of allylic oxidation sites excluding steroid dienone is 2. The molecular weight excluding hydrogens is 734 g/mol. The molecule has 0 heterocycles. The number of fused-ring (bicyclic) bond motifs is 2. The average Bonchev–Trinajstić information content (AvgIpc) is 3.57. The van der Waals surface area contributed by atoms with Gasteiger partial charge in [-0.25, -0.2) is 0 Å². The van der Waals surface area contributed by atoms with Gasteiger partial charge in [-0.1, -0.05) is 0 Å². The molecule has 4 aromatic rings. The van der Waals surface area contributed by atoms with E-state index in [2.05, 4.69) is 136 Å². The summed E-state index contributed by atoms with van der Waals surface area (Å²) in [5.41, 5.74) is 13.5. The molecule has 42 heavy (non-hydrogen) atoms. The summed E-state index contributed by atoms with van der Waals surface area (Å²) in [6, 6.07) is 35.3. The van der Waals surface area contributed by atoms with Crippen LogP contribution in [0.15, 0.2) is 108 Å². The van der Waals surface area contributed by atoms with Crippen LogP contribution < -0.4 is 0 Å². The molecule has 0 saturated carbocycles. The maximum absolute atomic E-state index is 8.62. The summed E-state index contributed by atoms with van der Waals surface area (Å²) in [7, 11) is 17.2. The van der Waals surface area contributed by atoms with Crippen molar-refractivity contribution < 1.29 is 15.3 Å². The summed E-state index contributed by atoms with van der Waals surface area (Å²) < 4.78 is 0.291. The standard InChI is InChI=1S/2C18H17.C2H7Si.2ClH.Hf/c2*1-2-7-14-12-16-10-6-11-17(18(16)13-14)15-8-4-3-5-9-15;1-3-2;;;/h2*3-6,8-13H,2,7H2,1H3;3H,1-2H3;2*1H;/q;;;;;+2/p-2. The van der Waals surface area contributed by atoms with Crippen molar-refractivity contribution in [2.75, 3.05) is 0 Å². The third-order valence-corrected chi connectivity index (χ3v) is 82.6. The van der Waals surface area contributed by atoms with Crippen LogP contribution in [0.3, 0.4) is 0 Å². The second-order valence-electron chi connectivity index (χ2n) is 12.5. The van der Waals surface area contributed by atoms with E-state index >= 15 is 0 Å². The number of hydrogen-bond acceptors (Lipinski definition) is 0. The number of halogens is 2. The molecule has 0 radical (unpaired) electrons. The van der Waals surface area contributed by atoms with E-state index in [-0.39, 0.29) is 7.35 Å². The van der Waals surface area contributed by atoms with Crippen LogP contribution in [0.1, 0.15) is 69.1 Å². The first-order chi connectivity index (χ1) is 20.3. The molecular formula is C38H41Cl2HfSi. The summed E-state index contributed by atoms with van der Waals surface area (Å²) in [4.78, 5) is 0. The van der Waals surface area contributed by atoms with Crippen molar-refractivity contribution in [2.45, 2.75) is 60.0 Å². The molecule has 0 N–H and O–H groups in total. The third-order valence-electron chi connectivity index (χ3n) is 9.76. The van der Waals surface area contributed by atoms with Gasteiger partial charge >= 0.3 is 263 Å². The Kier molecular flexibility index (Phi) is 8.48. The minimum absolute atomic E-state index is 0.146. The maximum atomic E-state index is 8.62. The molecule has 6 rings (SSSR count). The number of benzene rings is 4. The number of rotatable bonds is 9. The summed E-state index contributed by atoms with van der Waals surface area (Å²) in [5.74, 6) is -1.58. The van der Waals surface area contributed by atoms with E-state index in [4.69, 9.17) is 17.2 Å². The molecule has 0 saturated heterocycles. The molecule has 4 aromatic carbocycles. The van der Waals surface area contributed by atoms with Crippen LogP contribution in [0.4, 0.5) is 0 Å². The van der Waals surface area contributed by atoms with Gasteiger partial charge < -0.3 is 0 Å². The van der Waals surface area contributed by atoms with Crippen LogP contribution in [-0.4, -0.2) is 5.98 Å². The zero-order valence-corrected chi connectivity index (χ0v) is 31.5. The molecule has 2 aliphatic carbocycles. The Morgan fingerprint density at radius 1 is 0.571 bits per heavy atom. The predicted molar refractivity (Wildman–Crippen MR) is 186 cm³/mol. The van der Waals surface area contributed by atoms with Crippen molar-refractivity contribution in [1.29, 1.82) is 0 Å². The number of hydrogen-bond donors (Lipinski definition) is 0. The Bertz CT molecular complexity index is 1550. The van der Waals surface area contributed by atoms with Gasteiger partial charge in [0.15, 0.2) is 0 Å². The first-order valence-corrected chi connectivity index (χ1v) is 37.8. The van der Waals surface area contributed by atoms with Gasteiger partial charge in [0.2, 0.25) is 0 Å². The SMILES string of the molecule is CCCC1=Cc2c(-c3ccccc3)cccc2[CH]1[Hf]([Cl])([Cl])([CH]1C(CCC)=Cc2c(-c3ccccc3)cccc21)[SiH](C)C. The van der Waals surface area contributed by atoms with Gasteiger partial charge in [-0.05, 0) is 0 Å². The fraction of sp³-hybridized carbons (Fsp3) is 0.263. The molecule has 0 bridgehead atoms. The van der Waals surface area contributed by atoms with Crippen molar-refractivity contribution in [3.8, 4) is 22.3 Å². The molecule has 2 unspecified atom stereocenters. The monoisotopic (exact) mass is 775 g/mol. The first-order valence-electron chi connectivity index (χ1n) is 15.6. The molecule has 0 aliphatic heterocycles. The average molecular weight is 775 g/mol. The van der Waals surface area contributed by atoms with E-state index in [9.17, 15) is 0 Å². The van der Waals surface area contributed by atoms with Crippen molar-refractivity contribution in [1.82, 2.24) is 0 Å². The quantitative estimate of drug-likeness (QED) is 0.149. The van der Waals surface area contributed by atoms with Crippen LogP contribution in [0.2, 0.25) is 13.1 Å². The van der Waals surface area contributed by atoms with Gasteiger partial charge in [0, 0.05) is 0 Å². The van der Waals surface area contributed by atoms with Gasteiger partial charge in [0.1, 0.15) is 0 Å². The summed E-state index contributed by atoms with van der Waals surface area (Å²) in [6.07, 6.45) is 9.24. The fourth-order valence-corrected chi connectivity index (χ4v) is 52.4. The Morgan fingerprint density at radius 2 is 0.976 bits per heavy atom. The normalized spacial score (nSPS) is 18.7. The Labute approximate surface area is 261 Å². The second-order valence-corrected chi connectivity index (χ2v) is 71.8. The van der Waals surface area contributed by atoms with Gasteiger partial charge in [-0.3, -0.25) is 0 Å². The van der Waals surface area contributed by atoms with Gasteiger partial charge in [-0.2, -0.15) is 0 Å². The molecule has 0 amide bonds. The van der Waals surface area contributed by atoms with E-state index in [0.29, 0.717) is 0 Å². The van der Waals surface area contributed by atoms with E-state index in [1.165, 1.54) is 55.7 Å². The molecule has 2 atom stereocenters. The topological polar surface area (TPSA) is 0 Å². The summed E-state index contributed by atoms with van der Waals surface area (Å²) >= 11 is -4.91. The minimum atomic E-state index is -4.91. The van der Waals surface area contributed by atoms with Crippen molar-refractivity contribution in [3.05, 3.63) is 130 Å². The molecule has 0 aromatic heterocycles. The zero-order chi connectivity index (χ0) is 29.5. The van der Waals surface area contributed by atoms with Crippen LogP contribution in [0.25, 0.3) is 34.4 Å². The predicted octanol–water partition coefficient (Wildman–Crippen LogP) is 12.2. The molecule has 215 valence electrons. The molecule has 0 spiro atoms. The van der Waals surface area contributed by atoms with Crippen molar-refractivity contribution in [3.63, 3.8) is 0 Å². The summed E-state index contributed by atoms with van der Waals surface area (Å²) in [6.45, 7) is 9.50. The molecule has 0 nitrogen and oxygen atoms in total. The molecule has 0 fully saturated rings. The molecule has 4 heteroatoms. The van der Waals surface area contributed by atoms with Crippen molar-refractivity contribution >= 4 is 35.3 Å². The second kappa shape index (κ2) is 11.8. The van der Waals surface area contributed by atoms with Gasteiger partial charge in [-0.15, -0.1) is 0 Å². The Balaban J connectivity index is 1.60. The van der Waals surface area contributed by atoms with E-state index in [0.717, 1.165) is 25.7 Å². The van der Waals surface area contributed by atoms with Crippen LogP contribution >= 0.6 is 17.2 Å². The molecule has 2 aliphatic rings.